The number of aromatic nitrogens is 6. The zero-order chi connectivity index (χ0) is 22.9. The number of pyridine rings is 1. The summed E-state index contributed by atoms with van der Waals surface area (Å²) in [6.07, 6.45) is 5.46. The Hall–Kier alpha value is -3.56. The van der Waals surface area contributed by atoms with Crippen molar-refractivity contribution in [2.45, 2.75) is 45.1 Å². The van der Waals surface area contributed by atoms with Crippen LogP contribution < -0.4 is 9.47 Å². The van der Waals surface area contributed by atoms with Gasteiger partial charge in [0.1, 0.15) is 30.1 Å². The third-order valence-corrected chi connectivity index (χ3v) is 6.43. The summed E-state index contributed by atoms with van der Waals surface area (Å²) in [6.45, 7) is 2.49. The molecule has 5 rings (SSSR count). The minimum Gasteiger partial charge on any atom is -0.491 e. The number of aliphatic carboxylic acids is 1. The molecule has 33 heavy (non-hydrogen) atoms. The lowest BCUT2D eigenvalue weighted by Gasteiger charge is -2.33. The molecule has 2 saturated carbocycles. The maximum absolute atomic E-state index is 11.2. The van der Waals surface area contributed by atoms with Crippen molar-refractivity contribution in [3.05, 3.63) is 41.6 Å². The summed E-state index contributed by atoms with van der Waals surface area (Å²) in [5.41, 5.74) is 3.81. The van der Waals surface area contributed by atoms with Crippen molar-refractivity contribution in [2.24, 2.45) is 18.9 Å². The topological polar surface area (TPSA) is 125 Å². The first kappa shape index (κ1) is 21.3. The average Bonchev–Trinajstić information content (AvgIpc) is 3.55. The Labute approximate surface area is 191 Å². The molecule has 0 saturated heterocycles. The van der Waals surface area contributed by atoms with Crippen LogP contribution in [0.5, 0.6) is 11.6 Å². The molecule has 2 aliphatic rings. The van der Waals surface area contributed by atoms with Gasteiger partial charge in [0.2, 0.25) is 5.88 Å². The first-order valence-electron chi connectivity index (χ1n) is 11.2. The molecule has 0 aromatic carbocycles. The lowest BCUT2D eigenvalue weighted by atomic mass is 9.74. The summed E-state index contributed by atoms with van der Waals surface area (Å²) in [7, 11) is 1.81. The quantitative estimate of drug-likeness (QED) is 0.524. The Balaban J connectivity index is 1.27. The Morgan fingerprint density at radius 1 is 1.18 bits per heavy atom. The highest BCUT2D eigenvalue weighted by Crippen LogP contribution is 2.39. The van der Waals surface area contributed by atoms with E-state index in [0.29, 0.717) is 47.7 Å². The summed E-state index contributed by atoms with van der Waals surface area (Å²) >= 11 is 0. The molecule has 2 fully saturated rings. The van der Waals surface area contributed by atoms with Crippen LogP contribution in [-0.2, 0) is 18.4 Å². The van der Waals surface area contributed by atoms with Crippen LogP contribution in [0.1, 0.15) is 48.7 Å². The lowest BCUT2D eigenvalue weighted by molar-refractivity contribution is -0.148. The van der Waals surface area contributed by atoms with Gasteiger partial charge in [0.05, 0.1) is 29.6 Å². The number of ether oxygens (including phenoxy) is 2. The number of aryl methyl sites for hydroxylation is 2. The molecule has 2 aliphatic carbocycles. The highest BCUT2D eigenvalue weighted by molar-refractivity contribution is 5.71. The molecule has 10 heteroatoms. The Morgan fingerprint density at radius 3 is 2.73 bits per heavy atom. The highest BCUT2D eigenvalue weighted by atomic mass is 16.5. The molecule has 10 nitrogen and oxygen atoms in total. The average molecular weight is 450 g/mol. The van der Waals surface area contributed by atoms with Gasteiger partial charge in [0.15, 0.2) is 0 Å². The van der Waals surface area contributed by atoms with E-state index in [4.69, 9.17) is 9.47 Å². The Bertz CT molecular complexity index is 1180. The number of hydrogen-bond acceptors (Lipinski definition) is 8. The Morgan fingerprint density at radius 2 is 2.03 bits per heavy atom. The fourth-order valence-electron chi connectivity index (χ4n) is 4.04. The summed E-state index contributed by atoms with van der Waals surface area (Å²) in [5.74, 6) is 0.690. The first-order valence-corrected chi connectivity index (χ1v) is 11.2. The maximum atomic E-state index is 11.2. The molecule has 0 spiro atoms. The second-order valence-electron chi connectivity index (χ2n) is 8.73. The van der Waals surface area contributed by atoms with E-state index in [1.54, 1.807) is 4.68 Å². The van der Waals surface area contributed by atoms with E-state index < -0.39 is 5.97 Å². The molecule has 1 N–H and O–H groups in total. The van der Waals surface area contributed by atoms with Crippen LogP contribution in [0.2, 0.25) is 0 Å². The zero-order valence-corrected chi connectivity index (χ0v) is 18.6. The summed E-state index contributed by atoms with van der Waals surface area (Å²) in [5, 5.41) is 17.6. The van der Waals surface area contributed by atoms with Gasteiger partial charge >= 0.3 is 5.97 Å². The molecule has 3 aromatic rings. The van der Waals surface area contributed by atoms with Crippen molar-refractivity contribution in [1.29, 1.82) is 0 Å². The van der Waals surface area contributed by atoms with Crippen LogP contribution in [0.15, 0.2) is 24.5 Å². The third kappa shape index (κ3) is 4.50. The number of carboxylic acid groups (broad SMARTS) is 1. The molecule has 0 bridgehead atoms. The van der Waals surface area contributed by atoms with Gasteiger partial charge in [-0.15, -0.1) is 5.10 Å². The molecule has 2 atom stereocenters. The number of rotatable bonds is 9. The van der Waals surface area contributed by atoms with Crippen LogP contribution in [0.25, 0.3) is 11.4 Å². The molecular formula is C23H26N6O4. The molecule has 3 aromatic heterocycles. The van der Waals surface area contributed by atoms with Crippen LogP contribution in [0.3, 0.4) is 0 Å². The SMILES string of the molecule is Cc1nc(-c2nnn(C)c2COc2cc(C3CC3)ncn2)ccc1OC[C@@H]1CC[C@H]1C(=O)O. The van der Waals surface area contributed by atoms with E-state index in [1.165, 1.54) is 6.33 Å². The van der Waals surface area contributed by atoms with E-state index in [0.717, 1.165) is 30.7 Å². The molecule has 0 aliphatic heterocycles. The maximum Gasteiger partial charge on any atom is 0.306 e. The van der Waals surface area contributed by atoms with Gasteiger partial charge in [0, 0.05) is 24.9 Å². The highest BCUT2D eigenvalue weighted by Gasteiger charge is 2.37. The van der Waals surface area contributed by atoms with Crippen LogP contribution in [0.4, 0.5) is 0 Å². The fourth-order valence-corrected chi connectivity index (χ4v) is 4.04. The number of carboxylic acids is 1. The van der Waals surface area contributed by atoms with Crippen molar-refractivity contribution >= 4 is 5.97 Å². The first-order chi connectivity index (χ1) is 16.0. The minimum absolute atomic E-state index is 0.0487. The lowest BCUT2D eigenvalue weighted by Crippen LogP contribution is -2.36. The van der Waals surface area contributed by atoms with Gasteiger partial charge in [-0.3, -0.25) is 4.79 Å². The number of hydrogen-bond donors (Lipinski definition) is 1. The second kappa shape index (κ2) is 8.76. The second-order valence-corrected chi connectivity index (χ2v) is 8.73. The summed E-state index contributed by atoms with van der Waals surface area (Å²) < 4.78 is 13.5. The van der Waals surface area contributed by atoms with Crippen LogP contribution in [-0.4, -0.2) is 47.6 Å². The van der Waals surface area contributed by atoms with E-state index in [2.05, 4.69) is 25.3 Å². The van der Waals surface area contributed by atoms with Crippen LogP contribution >= 0.6 is 0 Å². The van der Waals surface area contributed by atoms with Gasteiger partial charge in [0.25, 0.3) is 0 Å². The largest absolute Gasteiger partial charge is 0.491 e. The minimum atomic E-state index is -0.747. The van der Waals surface area contributed by atoms with Crippen molar-refractivity contribution in [2.75, 3.05) is 6.61 Å². The predicted octanol–water partition coefficient (Wildman–Crippen LogP) is 2.92. The van der Waals surface area contributed by atoms with Gasteiger partial charge in [-0.05, 0) is 44.7 Å². The van der Waals surface area contributed by atoms with Crippen molar-refractivity contribution in [3.63, 3.8) is 0 Å². The monoisotopic (exact) mass is 450 g/mol. The molecule has 0 amide bonds. The number of carbonyl (C=O) groups is 1. The molecule has 3 heterocycles. The summed E-state index contributed by atoms with van der Waals surface area (Å²) in [6, 6.07) is 5.58. The van der Waals surface area contributed by atoms with E-state index in [9.17, 15) is 9.90 Å². The van der Waals surface area contributed by atoms with Gasteiger partial charge in [-0.2, -0.15) is 0 Å². The third-order valence-electron chi connectivity index (χ3n) is 6.43. The number of nitrogens with zero attached hydrogens (tertiary/aromatic N) is 6. The van der Waals surface area contributed by atoms with Crippen molar-refractivity contribution in [3.8, 4) is 23.0 Å². The van der Waals surface area contributed by atoms with Gasteiger partial charge in [-0.25, -0.2) is 19.6 Å². The molecule has 0 unspecified atom stereocenters. The predicted molar refractivity (Wildman–Crippen MR) is 117 cm³/mol. The molecule has 172 valence electrons. The smallest absolute Gasteiger partial charge is 0.306 e. The molecule has 0 radical (unpaired) electrons. The van der Waals surface area contributed by atoms with Crippen molar-refractivity contribution in [1.82, 2.24) is 29.9 Å². The normalized spacial score (nSPS) is 19.7. The molecular weight excluding hydrogens is 424 g/mol. The van der Waals surface area contributed by atoms with E-state index >= 15 is 0 Å². The zero-order valence-electron chi connectivity index (χ0n) is 18.6. The van der Waals surface area contributed by atoms with Gasteiger partial charge in [-0.1, -0.05) is 5.21 Å². The van der Waals surface area contributed by atoms with E-state index in [-0.39, 0.29) is 18.4 Å². The Kier molecular flexibility index (Phi) is 5.65. The van der Waals surface area contributed by atoms with Gasteiger partial charge < -0.3 is 14.6 Å². The van der Waals surface area contributed by atoms with Crippen LogP contribution in [0, 0.1) is 18.8 Å². The van der Waals surface area contributed by atoms with Crippen molar-refractivity contribution < 1.29 is 19.4 Å². The van der Waals surface area contributed by atoms with E-state index in [1.807, 2.05) is 32.2 Å². The fraction of sp³-hybridized carbons (Fsp3) is 0.478. The standard InChI is InChI=1S/C23H26N6O4/c1-13-20(32-10-15-5-6-16(15)23(30)31)8-7-17(26-13)22-19(29(2)28-27-22)11-33-21-9-18(14-3-4-14)24-12-25-21/h7-9,12,14-16H,3-6,10-11H2,1-2H3,(H,30,31)/t15-,16+/m0/s1. The summed E-state index contributed by atoms with van der Waals surface area (Å²) in [4.78, 5) is 24.4.